The van der Waals surface area contributed by atoms with Crippen LogP contribution < -0.4 is 10.1 Å². The number of ether oxygens (including phenoxy) is 1. The largest absolute Gasteiger partial charge is 0.489 e. The highest BCUT2D eigenvalue weighted by Crippen LogP contribution is 2.24. The minimum absolute atomic E-state index is 0.00340. The lowest BCUT2D eigenvalue weighted by Gasteiger charge is -2.31. The Labute approximate surface area is 229 Å². The number of rotatable bonds is 12. The lowest BCUT2D eigenvalue weighted by Crippen LogP contribution is -2.44. The maximum atomic E-state index is 12.8. The van der Waals surface area contributed by atoms with Crippen LogP contribution in [0.15, 0.2) is 84.9 Å². The average Bonchev–Trinajstić information content (AvgIpc) is 2.93. The molecule has 1 aliphatic rings. The Bertz CT molecular complexity index is 1320. The fraction of sp³-hybridized carbons (Fsp3) is 0.333. The Kier molecular flexibility index (Phi) is 9.73. The molecule has 0 bridgehead atoms. The van der Waals surface area contributed by atoms with Crippen LogP contribution in [0.3, 0.4) is 0 Å². The quantitative estimate of drug-likeness (QED) is 0.352. The topological polar surface area (TPSA) is 113 Å². The standard InChI is InChI=1S/C30H34N2O6S/c33-29(20-24-15-17-32(18-16-24)39(36,37)22-26-9-5-2-6-10-26)31-28(30(34)35)19-23-11-13-27(14-12-23)38-21-25-7-3-1-4-8-25/h1-14,24,28H,15-22H2,(H,31,33)(H,34,35)/t28-/m0/s1. The number of amides is 1. The van der Waals surface area contributed by atoms with Gasteiger partial charge in [0.2, 0.25) is 15.9 Å². The molecule has 0 unspecified atom stereocenters. The SMILES string of the molecule is O=C(CC1CCN(S(=O)(=O)Cc2ccccc2)CC1)N[C@@H](Cc1ccc(OCc2ccccc2)cc1)C(=O)O. The van der Waals surface area contributed by atoms with E-state index in [4.69, 9.17) is 4.74 Å². The molecule has 0 aliphatic carbocycles. The highest BCUT2D eigenvalue weighted by molar-refractivity contribution is 7.88. The molecule has 4 rings (SSSR count). The number of carbonyl (C=O) groups is 2. The van der Waals surface area contributed by atoms with Crippen LogP contribution in [0.2, 0.25) is 0 Å². The molecule has 1 saturated heterocycles. The van der Waals surface area contributed by atoms with Crippen LogP contribution in [0.25, 0.3) is 0 Å². The van der Waals surface area contributed by atoms with E-state index in [9.17, 15) is 23.1 Å². The molecule has 1 atom stereocenters. The van der Waals surface area contributed by atoms with Crippen LogP contribution in [0.1, 0.15) is 36.0 Å². The summed E-state index contributed by atoms with van der Waals surface area (Å²) in [4.78, 5) is 24.5. The first-order valence-corrected chi connectivity index (χ1v) is 14.7. The van der Waals surface area contributed by atoms with Gasteiger partial charge in [0.15, 0.2) is 0 Å². The van der Waals surface area contributed by atoms with Gasteiger partial charge >= 0.3 is 5.97 Å². The third-order valence-corrected chi connectivity index (χ3v) is 8.73. The molecule has 39 heavy (non-hydrogen) atoms. The predicted molar refractivity (Wildman–Crippen MR) is 148 cm³/mol. The molecule has 0 aromatic heterocycles. The Morgan fingerprint density at radius 1 is 0.872 bits per heavy atom. The van der Waals surface area contributed by atoms with E-state index < -0.39 is 22.0 Å². The van der Waals surface area contributed by atoms with Crippen LogP contribution in [-0.2, 0) is 38.4 Å². The minimum Gasteiger partial charge on any atom is -0.489 e. The third-order valence-electron chi connectivity index (χ3n) is 6.88. The first kappa shape index (κ1) is 28.3. The smallest absolute Gasteiger partial charge is 0.326 e. The van der Waals surface area contributed by atoms with Gasteiger partial charge in [-0.3, -0.25) is 4.79 Å². The van der Waals surface area contributed by atoms with E-state index in [1.165, 1.54) is 4.31 Å². The van der Waals surface area contributed by atoms with E-state index in [0.29, 0.717) is 38.3 Å². The molecule has 2 N–H and O–H groups in total. The molecule has 1 heterocycles. The molecule has 1 amide bonds. The van der Waals surface area contributed by atoms with E-state index >= 15 is 0 Å². The molecule has 8 nitrogen and oxygen atoms in total. The van der Waals surface area contributed by atoms with Crippen molar-refractivity contribution in [3.05, 3.63) is 102 Å². The minimum atomic E-state index is -3.43. The van der Waals surface area contributed by atoms with Crippen molar-refractivity contribution in [2.45, 2.75) is 44.1 Å². The molecular weight excluding hydrogens is 516 g/mol. The van der Waals surface area contributed by atoms with Crippen LogP contribution >= 0.6 is 0 Å². The summed E-state index contributed by atoms with van der Waals surface area (Å²) in [6.45, 7) is 1.15. The second kappa shape index (κ2) is 13.4. The summed E-state index contributed by atoms with van der Waals surface area (Å²) >= 11 is 0. The summed E-state index contributed by atoms with van der Waals surface area (Å²) < 4.78 is 32.8. The molecule has 9 heteroatoms. The highest BCUT2D eigenvalue weighted by atomic mass is 32.2. The van der Waals surface area contributed by atoms with Gasteiger partial charge in [-0.05, 0) is 47.6 Å². The van der Waals surface area contributed by atoms with Gasteiger partial charge < -0.3 is 15.2 Å². The van der Waals surface area contributed by atoms with Crippen molar-refractivity contribution in [3.8, 4) is 5.75 Å². The van der Waals surface area contributed by atoms with Gasteiger partial charge in [-0.1, -0.05) is 72.8 Å². The van der Waals surface area contributed by atoms with E-state index in [-0.39, 0.29) is 30.4 Å². The fourth-order valence-corrected chi connectivity index (χ4v) is 6.25. The summed E-state index contributed by atoms with van der Waals surface area (Å²) in [6, 6.07) is 25.0. The lowest BCUT2D eigenvalue weighted by molar-refractivity contribution is -0.142. The second-order valence-corrected chi connectivity index (χ2v) is 11.8. The van der Waals surface area contributed by atoms with E-state index in [1.54, 1.807) is 36.4 Å². The number of sulfonamides is 1. The van der Waals surface area contributed by atoms with Crippen molar-refractivity contribution in [1.82, 2.24) is 9.62 Å². The van der Waals surface area contributed by atoms with Gasteiger partial charge in [0.25, 0.3) is 0 Å². The van der Waals surface area contributed by atoms with Gasteiger partial charge in [0.1, 0.15) is 18.4 Å². The van der Waals surface area contributed by atoms with Crippen LogP contribution in [0, 0.1) is 5.92 Å². The third kappa shape index (κ3) is 8.66. The number of aliphatic carboxylic acids is 1. The van der Waals surface area contributed by atoms with Crippen molar-refractivity contribution >= 4 is 21.9 Å². The van der Waals surface area contributed by atoms with Crippen molar-refractivity contribution in [2.24, 2.45) is 5.92 Å². The van der Waals surface area contributed by atoms with E-state index in [2.05, 4.69) is 5.32 Å². The lowest BCUT2D eigenvalue weighted by atomic mass is 9.94. The van der Waals surface area contributed by atoms with Gasteiger partial charge in [-0.2, -0.15) is 0 Å². The van der Waals surface area contributed by atoms with Gasteiger partial charge in [-0.15, -0.1) is 0 Å². The molecule has 3 aromatic carbocycles. The summed E-state index contributed by atoms with van der Waals surface area (Å²) in [7, 11) is -3.43. The Morgan fingerprint density at radius 3 is 2.05 bits per heavy atom. The number of hydrogen-bond acceptors (Lipinski definition) is 5. The Morgan fingerprint density at radius 2 is 1.46 bits per heavy atom. The number of piperidine rings is 1. The predicted octanol–water partition coefficient (Wildman–Crippen LogP) is 4.01. The number of nitrogens with zero attached hydrogens (tertiary/aromatic N) is 1. The second-order valence-electron chi connectivity index (χ2n) is 9.87. The zero-order valence-corrected chi connectivity index (χ0v) is 22.6. The van der Waals surface area contributed by atoms with E-state index in [1.807, 2.05) is 48.5 Å². The number of carboxylic acids is 1. The van der Waals surface area contributed by atoms with Crippen molar-refractivity contribution < 1.29 is 27.9 Å². The monoisotopic (exact) mass is 550 g/mol. The van der Waals surface area contributed by atoms with Crippen molar-refractivity contribution in [3.63, 3.8) is 0 Å². The van der Waals surface area contributed by atoms with Gasteiger partial charge in [-0.25, -0.2) is 17.5 Å². The van der Waals surface area contributed by atoms with Crippen LogP contribution in [0.4, 0.5) is 0 Å². The Hall–Kier alpha value is -3.69. The summed E-state index contributed by atoms with van der Waals surface area (Å²) in [5, 5.41) is 12.3. The van der Waals surface area contributed by atoms with Crippen molar-refractivity contribution in [2.75, 3.05) is 13.1 Å². The van der Waals surface area contributed by atoms with Crippen molar-refractivity contribution in [1.29, 1.82) is 0 Å². The first-order chi connectivity index (χ1) is 18.8. The zero-order valence-electron chi connectivity index (χ0n) is 21.7. The van der Waals surface area contributed by atoms with Crippen LogP contribution in [-0.4, -0.2) is 48.8 Å². The maximum absolute atomic E-state index is 12.8. The number of carbonyl (C=O) groups excluding carboxylic acids is 1. The molecule has 206 valence electrons. The summed E-state index contributed by atoms with van der Waals surface area (Å²) in [5.74, 6) is -0.802. The molecule has 0 saturated carbocycles. The zero-order chi connectivity index (χ0) is 27.7. The molecule has 3 aromatic rings. The van der Waals surface area contributed by atoms with Crippen LogP contribution in [0.5, 0.6) is 5.75 Å². The summed E-state index contributed by atoms with van der Waals surface area (Å²) in [6.07, 6.45) is 1.44. The first-order valence-electron chi connectivity index (χ1n) is 13.1. The molecular formula is C30H34N2O6S. The fourth-order valence-electron chi connectivity index (χ4n) is 4.68. The number of carboxylic acid groups (broad SMARTS) is 1. The summed E-state index contributed by atoms with van der Waals surface area (Å²) in [5.41, 5.74) is 2.56. The Balaban J connectivity index is 1.23. The molecule has 1 aliphatic heterocycles. The van der Waals surface area contributed by atoms with Gasteiger partial charge in [0.05, 0.1) is 5.75 Å². The number of benzene rings is 3. The number of nitrogens with one attached hydrogen (secondary N) is 1. The molecule has 0 spiro atoms. The number of hydrogen-bond donors (Lipinski definition) is 2. The highest BCUT2D eigenvalue weighted by Gasteiger charge is 2.30. The molecule has 1 fully saturated rings. The van der Waals surface area contributed by atoms with E-state index in [0.717, 1.165) is 16.7 Å². The molecule has 0 radical (unpaired) electrons. The average molecular weight is 551 g/mol. The maximum Gasteiger partial charge on any atom is 0.326 e. The van der Waals surface area contributed by atoms with Gasteiger partial charge in [0, 0.05) is 25.9 Å². The normalized spacial score (nSPS) is 15.4.